The summed E-state index contributed by atoms with van der Waals surface area (Å²) in [5.74, 6) is 0.0175. The topological polar surface area (TPSA) is 59.0 Å². The third-order valence-corrected chi connectivity index (χ3v) is 3.28. The smallest absolute Gasteiger partial charge is 0.234 e. The quantitative estimate of drug-likeness (QED) is 0.729. The second-order valence-corrected chi connectivity index (χ2v) is 4.83. The van der Waals surface area contributed by atoms with Gasteiger partial charge in [0.15, 0.2) is 0 Å². The molecule has 2 aromatic heterocycles. The monoisotopic (exact) mass is 264 g/mol. The SMILES string of the molecule is O=C(CNCCn1cccn1)NCc1cccs1. The summed E-state index contributed by atoms with van der Waals surface area (Å²) in [6, 6.07) is 5.87. The second kappa shape index (κ2) is 6.93. The van der Waals surface area contributed by atoms with Crippen LogP contribution < -0.4 is 10.6 Å². The van der Waals surface area contributed by atoms with Gasteiger partial charge in [0.25, 0.3) is 0 Å². The lowest BCUT2D eigenvalue weighted by Gasteiger charge is -2.06. The van der Waals surface area contributed by atoms with E-state index in [9.17, 15) is 4.79 Å². The summed E-state index contributed by atoms with van der Waals surface area (Å²) in [6.07, 6.45) is 3.65. The molecule has 0 aliphatic carbocycles. The van der Waals surface area contributed by atoms with E-state index in [4.69, 9.17) is 0 Å². The van der Waals surface area contributed by atoms with Gasteiger partial charge >= 0.3 is 0 Å². The van der Waals surface area contributed by atoms with E-state index in [0.29, 0.717) is 13.1 Å². The lowest BCUT2D eigenvalue weighted by atomic mass is 10.4. The normalized spacial score (nSPS) is 10.4. The maximum atomic E-state index is 11.5. The van der Waals surface area contributed by atoms with Gasteiger partial charge in [-0.3, -0.25) is 9.48 Å². The molecule has 96 valence electrons. The van der Waals surface area contributed by atoms with Gasteiger partial charge in [-0.05, 0) is 17.5 Å². The van der Waals surface area contributed by atoms with Crippen LogP contribution in [0, 0.1) is 0 Å². The lowest BCUT2D eigenvalue weighted by Crippen LogP contribution is -2.34. The van der Waals surface area contributed by atoms with Crippen LogP contribution in [0.2, 0.25) is 0 Å². The molecule has 0 unspecified atom stereocenters. The minimum absolute atomic E-state index is 0.0175. The molecule has 18 heavy (non-hydrogen) atoms. The van der Waals surface area contributed by atoms with Gasteiger partial charge in [0.05, 0.1) is 19.6 Å². The number of carbonyl (C=O) groups is 1. The van der Waals surface area contributed by atoms with E-state index >= 15 is 0 Å². The van der Waals surface area contributed by atoms with Crippen LogP contribution >= 0.6 is 11.3 Å². The van der Waals surface area contributed by atoms with Gasteiger partial charge in [0.2, 0.25) is 5.91 Å². The third-order valence-electron chi connectivity index (χ3n) is 2.40. The molecule has 6 heteroatoms. The molecule has 0 aromatic carbocycles. The van der Waals surface area contributed by atoms with Crippen molar-refractivity contribution in [3.05, 3.63) is 40.8 Å². The summed E-state index contributed by atoms with van der Waals surface area (Å²) < 4.78 is 1.83. The number of nitrogens with zero attached hydrogens (tertiary/aromatic N) is 2. The minimum Gasteiger partial charge on any atom is -0.350 e. The van der Waals surface area contributed by atoms with E-state index in [2.05, 4.69) is 15.7 Å². The Hall–Kier alpha value is -1.66. The fourth-order valence-electron chi connectivity index (χ4n) is 1.49. The molecule has 0 saturated heterocycles. The van der Waals surface area contributed by atoms with Crippen molar-refractivity contribution in [2.45, 2.75) is 13.1 Å². The highest BCUT2D eigenvalue weighted by molar-refractivity contribution is 7.09. The highest BCUT2D eigenvalue weighted by atomic mass is 32.1. The first-order valence-electron chi connectivity index (χ1n) is 5.82. The molecule has 2 heterocycles. The first-order valence-corrected chi connectivity index (χ1v) is 6.70. The fourth-order valence-corrected chi connectivity index (χ4v) is 2.13. The van der Waals surface area contributed by atoms with Crippen LogP contribution in [-0.4, -0.2) is 28.8 Å². The molecule has 2 rings (SSSR count). The van der Waals surface area contributed by atoms with Gasteiger partial charge < -0.3 is 10.6 Å². The molecular weight excluding hydrogens is 248 g/mol. The van der Waals surface area contributed by atoms with Gasteiger partial charge in [0, 0.05) is 23.8 Å². The zero-order valence-corrected chi connectivity index (χ0v) is 10.8. The Morgan fingerprint density at radius 2 is 2.39 bits per heavy atom. The number of thiophene rings is 1. The number of hydrogen-bond donors (Lipinski definition) is 2. The van der Waals surface area contributed by atoms with Crippen LogP contribution in [0.1, 0.15) is 4.88 Å². The molecule has 0 spiro atoms. The highest BCUT2D eigenvalue weighted by Crippen LogP contribution is 2.06. The molecule has 2 aromatic rings. The Morgan fingerprint density at radius 1 is 1.44 bits per heavy atom. The Kier molecular flexibility index (Phi) is 4.92. The van der Waals surface area contributed by atoms with Crippen LogP contribution in [0.4, 0.5) is 0 Å². The summed E-state index contributed by atoms with van der Waals surface area (Å²) in [7, 11) is 0. The molecule has 0 aliphatic rings. The largest absolute Gasteiger partial charge is 0.350 e. The van der Waals surface area contributed by atoms with Crippen LogP contribution in [0.25, 0.3) is 0 Å². The van der Waals surface area contributed by atoms with Crippen molar-refractivity contribution >= 4 is 17.2 Å². The number of hydrogen-bond acceptors (Lipinski definition) is 4. The van der Waals surface area contributed by atoms with Gasteiger partial charge in [-0.2, -0.15) is 5.10 Å². The van der Waals surface area contributed by atoms with Gasteiger partial charge in [-0.1, -0.05) is 6.07 Å². The summed E-state index contributed by atoms with van der Waals surface area (Å²) in [5, 5.41) is 12.0. The van der Waals surface area contributed by atoms with Gasteiger partial charge in [-0.15, -0.1) is 11.3 Å². The van der Waals surface area contributed by atoms with Gasteiger partial charge in [-0.25, -0.2) is 0 Å². The second-order valence-electron chi connectivity index (χ2n) is 3.80. The van der Waals surface area contributed by atoms with Crippen molar-refractivity contribution in [3.8, 4) is 0 Å². The zero-order chi connectivity index (χ0) is 12.6. The predicted molar refractivity (Wildman–Crippen MR) is 71.3 cm³/mol. The van der Waals surface area contributed by atoms with Crippen molar-refractivity contribution in [1.29, 1.82) is 0 Å². The molecule has 0 atom stereocenters. The van der Waals surface area contributed by atoms with E-state index in [1.165, 1.54) is 4.88 Å². The van der Waals surface area contributed by atoms with Crippen molar-refractivity contribution in [2.75, 3.05) is 13.1 Å². The fraction of sp³-hybridized carbons (Fsp3) is 0.333. The summed E-state index contributed by atoms with van der Waals surface area (Å²) in [4.78, 5) is 12.7. The number of carbonyl (C=O) groups excluding carboxylic acids is 1. The Labute approximate surface area is 110 Å². The van der Waals surface area contributed by atoms with E-state index in [-0.39, 0.29) is 5.91 Å². The first kappa shape index (κ1) is 12.8. The van der Waals surface area contributed by atoms with Crippen molar-refractivity contribution in [2.24, 2.45) is 0 Å². The van der Waals surface area contributed by atoms with E-state index in [1.807, 2.05) is 34.5 Å². The van der Waals surface area contributed by atoms with E-state index in [0.717, 1.165) is 13.1 Å². The van der Waals surface area contributed by atoms with Crippen molar-refractivity contribution in [1.82, 2.24) is 20.4 Å². The molecule has 0 radical (unpaired) electrons. The third kappa shape index (κ3) is 4.31. The minimum atomic E-state index is 0.0175. The van der Waals surface area contributed by atoms with E-state index < -0.39 is 0 Å². The maximum Gasteiger partial charge on any atom is 0.234 e. The Bertz CT molecular complexity index is 452. The van der Waals surface area contributed by atoms with Crippen LogP contribution in [-0.2, 0) is 17.9 Å². The van der Waals surface area contributed by atoms with Crippen LogP contribution in [0.15, 0.2) is 36.0 Å². The lowest BCUT2D eigenvalue weighted by molar-refractivity contribution is -0.120. The molecule has 0 saturated carbocycles. The van der Waals surface area contributed by atoms with Crippen LogP contribution in [0.3, 0.4) is 0 Å². The average Bonchev–Trinajstić information content (AvgIpc) is 3.04. The first-order chi connectivity index (χ1) is 8.84. The number of rotatable bonds is 7. The zero-order valence-electron chi connectivity index (χ0n) is 10.0. The van der Waals surface area contributed by atoms with Crippen LogP contribution in [0.5, 0.6) is 0 Å². The summed E-state index contributed by atoms with van der Waals surface area (Å²) in [6.45, 7) is 2.45. The number of aromatic nitrogens is 2. The molecule has 0 fully saturated rings. The average molecular weight is 264 g/mol. The number of nitrogens with one attached hydrogen (secondary N) is 2. The van der Waals surface area contributed by atoms with Gasteiger partial charge in [0.1, 0.15) is 0 Å². The molecule has 5 nitrogen and oxygen atoms in total. The summed E-state index contributed by atoms with van der Waals surface area (Å²) >= 11 is 1.64. The molecule has 0 aliphatic heterocycles. The predicted octanol–water partition coefficient (Wildman–Crippen LogP) is 0.851. The molecule has 0 bridgehead atoms. The Morgan fingerprint density at radius 3 is 3.11 bits per heavy atom. The molecular formula is C12H16N4OS. The highest BCUT2D eigenvalue weighted by Gasteiger charge is 2.01. The molecule has 2 N–H and O–H groups in total. The van der Waals surface area contributed by atoms with Crippen molar-refractivity contribution < 1.29 is 4.79 Å². The van der Waals surface area contributed by atoms with E-state index in [1.54, 1.807) is 17.5 Å². The van der Waals surface area contributed by atoms with Crippen molar-refractivity contribution in [3.63, 3.8) is 0 Å². The molecule has 1 amide bonds. The Balaban J connectivity index is 1.55. The summed E-state index contributed by atoms with van der Waals surface area (Å²) in [5.41, 5.74) is 0. The number of amides is 1. The standard InChI is InChI=1S/C12H16N4OS/c17-12(14-9-11-3-1-8-18-11)10-13-5-7-16-6-2-4-15-16/h1-4,6,8,13H,5,7,9-10H2,(H,14,17). The maximum absolute atomic E-state index is 11.5.